The lowest BCUT2D eigenvalue weighted by atomic mass is 9.94. The third kappa shape index (κ3) is 3.76. The molecule has 2 fully saturated rings. The minimum atomic E-state index is 0.197. The molecule has 2 saturated heterocycles. The third-order valence-electron chi connectivity index (χ3n) is 5.07. The van der Waals surface area contributed by atoms with Crippen molar-refractivity contribution in [2.24, 2.45) is 0 Å². The van der Waals surface area contributed by atoms with E-state index in [4.69, 9.17) is 4.74 Å². The number of nitrogens with zero attached hydrogens (tertiary/aromatic N) is 6. The predicted molar refractivity (Wildman–Crippen MR) is 95.0 cm³/mol. The molecule has 8 heteroatoms. The van der Waals surface area contributed by atoms with Crippen molar-refractivity contribution in [2.45, 2.75) is 18.8 Å². The number of ether oxygens (including phenoxy) is 1. The van der Waals surface area contributed by atoms with Crippen LogP contribution in [0.5, 0.6) is 0 Å². The van der Waals surface area contributed by atoms with Crippen molar-refractivity contribution < 1.29 is 9.53 Å². The van der Waals surface area contributed by atoms with Crippen LogP contribution in [0.1, 0.15) is 24.5 Å². The fraction of sp³-hybridized carbons (Fsp3) is 0.556. The van der Waals surface area contributed by atoms with E-state index in [-0.39, 0.29) is 11.8 Å². The van der Waals surface area contributed by atoms with Crippen molar-refractivity contribution in [1.82, 2.24) is 29.3 Å². The van der Waals surface area contributed by atoms with Gasteiger partial charge in [-0.3, -0.25) is 19.2 Å². The van der Waals surface area contributed by atoms with Gasteiger partial charge in [0.1, 0.15) is 6.33 Å². The van der Waals surface area contributed by atoms with Crippen LogP contribution in [0.4, 0.5) is 0 Å². The van der Waals surface area contributed by atoms with E-state index in [1.165, 1.54) is 0 Å². The van der Waals surface area contributed by atoms with E-state index in [0.717, 1.165) is 37.4 Å². The number of morpholine rings is 1. The molecule has 2 aromatic rings. The monoisotopic (exact) mass is 356 g/mol. The summed E-state index contributed by atoms with van der Waals surface area (Å²) in [5.41, 5.74) is 0.981. The van der Waals surface area contributed by atoms with Crippen LogP contribution in [0, 0.1) is 0 Å². The first kappa shape index (κ1) is 17.1. The Morgan fingerprint density at radius 1 is 1.15 bits per heavy atom. The predicted octanol–water partition coefficient (Wildman–Crippen LogP) is 0.701. The number of likely N-dealkylation sites (tertiary alicyclic amines) is 1. The highest BCUT2D eigenvalue weighted by Gasteiger charge is 2.28. The Kier molecular flexibility index (Phi) is 5.21. The molecule has 4 heterocycles. The zero-order valence-corrected chi connectivity index (χ0v) is 14.8. The van der Waals surface area contributed by atoms with Gasteiger partial charge >= 0.3 is 0 Å². The molecule has 2 aromatic heterocycles. The number of aromatic nitrogens is 4. The second kappa shape index (κ2) is 7.92. The summed E-state index contributed by atoms with van der Waals surface area (Å²) in [6.45, 7) is 4.93. The zero-order valence-electron chi connectivity index (χ0n) is 14.8. The van der Waals surface area contributed by atoms with Crippen LogP contribution in [0.2, 0.25) is 0 Å². The Hall–Kier alpha value is -2.32. The van der Waals surface area contributed by atoms with Gasteiger partial charge < -0.3 is 9.64 Å². The van der Waals surface area contributed by atoms with E-state index in [0.29, 0.717) is 32.8 Å². The minimum absolute atomic E-state index is 0.197. The average Bonchev–Trinajstić information content (AvgIpc) is 3.23. The number of piperidine rings is 1. The first-order chi connectivity index (χ1) is 12.8. The summed E-state index contributed by atoms with van der Waals surface area (Å²) in [6.07, 6.45) is 10.9. The highest BCUT2D eigenvalue weighted by Crippen LogP contribution is 2.28. The second-order valence-electron chi connectivity index (χ2n) is 6.80. The second-order valence-corrected chi connectivity index (χ2v) is 6.80. The first-order valence-electron chi connectivity index (χ1n) is 9.18. The lowest BCUT2D eigenvalue weighted by molar-refractivity contribution is -0.136. The molecule has 138 valence electrons. The minimum Gasteiger partial charge on any atom is -0.378 e. The summed E-state index contributed by atoms with van der Waals surface area (Å²) in [7, 11) is 0. The Morgan fingerprint density at radius 3 is 2.81 bits per heavy atom. The van der Waals surface area contributed by atoms with Crippen molar-refractivity contribution in [1.29, 1.82) is 0 Å². The van der Waals surface area contributed by atoms with Gasteiger partial charge in [-0.05, 0) is 19.4 Å². The number of rotatable bonds is 4. The van der Waals surface area contributed by atoms with Gasteiger partial charge in [0, 0.05) is 50.3 Å². The molecule has 8 nitrogen and oxygen atoms in total. The van der Waals surface area contributed by atoms with Crippen LogP contribution in [-0.4, -0.2) is 81.2 Å². The molecule has 0 N–H and O–H groups in total. The highest BCUT2D eigenvalue weighted by molar-refractivity contribution is 5.78. The van der Waals surface area contributed by atoms with Gasteiger partial charge in [0.2, 0.25) is 5.91 Å². The van der Waals surface area contributed by atoms with Gasteiger partial charge in [0.15, 0.2) is 5.82 Å². The molecule has 0 saturated carbocycles. The molecule has 0 radical (unpaired) electrons. The molecular formula is C18H24N6O2. The van der Waals surface area contributed by atoms with Crippen molar-refractivity contribution in [3.05, 3.63) is 36.8 Å². The third-order valence-corrected chi connectivity index (χ3v) is 5.07. The molecule has 0 aliphatic carbocycles. The quantitative estimate of drug-likeness (QED) is 0.803. The van der Waals surface area contributed by atoms with Crippen LogP contribution in [0.3, 0.4) is 0 Å². The van der Waals surface area contributed by atoms with Crippen LogP contribution in [0.15, 0.2) is 31.1 Å². The van der Waals surface area contributed by atoms with Crippen molar-refractivity contribution in [2.75, 3.05) is 45.9 Å². The molecule has 2 aliphatic heterocycles. The van der Waals surface area contributed by atoms with Gasteiger partial charge in [-0.25, -0.2) is 9.97 Å². The van der Waals surface area contributed by atoms with E-state index in [1.54, 1.807) is 24.9 Å². The van der Waals surface area contributed by atoms with E-state index in [1.807, 2.05) is 15.7 Å². The first-order valence-corrected chi connectivity index (χ1v) is 9.18. The molecule has 4 rings (SSSR count). The standard InChI is InChI=1S/C18H24N6O2/c25-16(23-8-10-26-11-9-23)13-22-6-1-2-15(12-22)17-18(21-4-3-20-17)24-7-5-19-14-24/h3-5,7,14-15H,1-2,6,8-13H2. The van der Waals surface area contributed by atoms with Gasteiger partial charge in [0.05, 0.1) is 25.5 Å². The maximum absolute atomic E-state index is 12.6. The number of carbonyl (C=O) groups excluding carboxylic acids is 1. The molecule has 1 amide bonds. The lowest BCUT2D eigenvalue weighted by Gasteiger charge is -2.34. The molecule has 26 heavy (non-hydrogen) atoms. The van der Waals surface area contributed by atoms with Gasteiger partial charge in [0.25, 0.3) is 0 Å². The summed E-state index contributed by atoms with van der Waals surface area (Å²) < 4.78 is 7.24. The number of imidazole rings is 1. The van der Waals surface area contributed by atoms with Gasteiger partial charge in [-0.15, -0.1) is 0 Å². The lowest BCUT2D eigenvalue weighted by Crippen LogP contribution is -2.47. The number of hydrogen-bond donors (Lipinski definition) is 0. The highest BCUT2D eigenvalue weighted by atomic mass is 16.5. The summed E-state index contributed by atoms with van der Waals surface area (Å²) in [5.74, 6) is 1.30. The molecular weight excluding hydrogens is 332 g/mol. The summed E-state index contributed by atoms with van der Waals surface area (Å²) >= 11 is 0. The largest absolute Gasteiger partial charge is 0.378 e. The van der Waals surface area contributed by atoms with E-state index < -0.39 is 0 Å². The normalized spacial score (nSPS) is 21.7. The maximum Gasteiger partial charge on any atom is 0.236 e. The Bertz CT molecular complexity index is 729. The number of hydrogen-bond acceptors (Lipinski definition) is 6. The Labute approximate surface area is 152 Å². The SMILES string of the molecule is O=C(CN1CCCC(c2nccnc2-n2ccnc2)C1)N1CCOCC1. The van der Waals surface area contributed by atoms with Crippen LogP contribution >= 0.6 is 0 Å². The van der Waals surface area contributed by atoms with Crippen molar-refractivity contribution in [3.63, 3.8) is 0 Å². The zero-order chi connectivity index (χ0) is 17.8. The smallest absolute Gasteiger partial charge is 0.236 e. The van der Waals surface area contributed by atoms with Crippen LogP contribution in [0.25, 0.3) is 5.82 Å². The fourth-order valence-corrected chi connectivity index (χ4v) is 3.74. The molecule has 1 unspecified atom stereocenters. The van der Waals surface area contributed by atoms with Crippen LogP contribution < -0.4 is 0 Å². The summed E-state index contributed by atoms with van der Waals surface area (Å²) in [4.78, 5) is 29.9. The van der Waals surface area contributed by atoms with E-state index >= 15 is 0 Å². The van der Waals surface area contributed by atoms with E-state index in [9.17, 15) is 4.79 Å². The average molecular weight is 356 g/mol. The van der Waals surface area contributed by atoms with E-state index in [2.05, 4.69) is 19.9 Å². The fourth-order valence-electron chi connectivity index (χ4n) is 3.74. The van der Waals surface area contributed by atoms with Gasteiger partial charge in [-0.2, -0.15) is 0 Å². The molecule has 2 aliphatic rings. The number of amides is 1. The molecule has 0 aromatic carbocycles. The van der Waals surface area contributed by atoms with Crippen molar-refractivity contribution in [3.8, 4) is 5.82 Å². The molecule has 0 spiro atoms. The van der Waals surface area contributed by atoms with Gasteiger partial charge in [-0.1, -0.05) is 0 Å². The summed E-state index contributed by atoms with van der Waals surface area (Å²) in [5, 5.41) is 0. The molecule has 0 bridgehead atoms. The maximum atomic E-state index is 12.6. The summed E-state index contributed by atoms with van der Waals surface area (Å²) in [6, 6.07) is 0. The number of carbonyl (C=O) groups is 1. The van der Waals surface area contributed by atoms with Crippen LogP contribution in [-0.2, 0) is 9.53 Å². The topological polar surface area (TPSA) is 76.4 Å². The Balaban J connectivity index is 1.45. The Morgan fingerprint density at radius 2 is 2.00 bits per heavy atom. The van der Waals surface area contributed by atoms with Crippen molar-refractivity contribution >= 4 is 5.91 Å². The molecule has 1 atom stereocenters.